The minimum absolute atomic E-state index is 0.0122. The Balaban J connectivity index is 1.98. The zero-order valence-electron chi connectivity index (χ0n) is 14.2. The lowest BCUT2D eigenvalue weighted by Crippen LogP contribution is -2.27. The van der Waals surface area contributed by atoms with Gasteiger partial charge in [-0.1, -0.05) is 23.2 Å². The van der Waals surface area contributed by atoms with Crippen molar-refractivity contribution in [3.63, 3.8) is 0 Å². The lowest BCUT2D eigenvalue weighted by molar-refractivity contribution is -0.130. The first-order valence-corrected chi connectivity index (χ1v) is 8.31. The van der Waals surface area contributed by atoms with Crippen LogP contribution in [0.15, 0.2) is 47.6 Å². The van der Waals surface area contributed by atoms with Crippen LogP contribution in [0.3, 0.4) is 0 Å². The highest BCUT2D eigenvalue weighted by Gasteiger charge is 2.05. The van der Waals surface area contributed by atoms with E-state index in [-0.39, 0.29) is 12.5 Å². The third-order valence-electron chi connectivity index (χ3n) is 3.41. The van der Waals surface area contributed by atoms with E-state index in [0.717, 1.165) is 17.0 Å². The zero-order chi connectivity index (χ0) is 18.4. The van der Waals surface area contributed by atoms with Crippen molar-refractivity contribution >= 4 is 40.5 Å². The molecule has 1 amide bonds. The largest absolute Gasteiger partial charge is 0.484 e. The zero-order valence-corrected chi connectivity index (χ0v) is 15.7. The van der Waals surface area contributed by atoms with Gasteiger partial charge in [-0.05, 0) is 55.0 Å². The summed E-state index contributed by atoms with van der Waals surface area (Å²) in [5.74, 6) is 0.539. The van der Waals surface area contributed by atoms with Crippen molar-refractivity contribution in [3.05, 3.63) is 58.1 Å². The van der Waals surface area contributed by atoms with E-state index < -0.39 is 0 Å². The van der Waals surface area contributed by atoms with Crippen LogP contribution in [0.4, 0.5) is 5.69 Å². The van der Waals surface area contributed by atoms with Gasteiger partial charge in [0.25, 0.3) is 5.91 Å². The number of anilines is 1. The van der Waals surface area contributed by atoms with Crippen molar-refractivity contribution in [3.8, 4) is 5.75 Å². The molecule has 0 spiro atoms. The molecule has 0 aliphatic heterocycles. The van der Waals surface area contributed by atoms with Gasteiger partial charge in [0, 0.05) is 14.1 Å². The molecule has 0 saturated heterocycles. The third kappa shape index (κ3) is 5.66. The van der Waals surface area contributed by atoms with Gasteiger partial charge in [-0.15, -0.1) is 0 Å². The molecule has 7 heteroatoms. The lowest BCUT2D eigenvalue weighted by Gasteiger charge is -2.11. The molecule has 0 bridgehead atoms. The van der Waals surface area contributed by atoms with Crippen molar-refractivity contribution in [2.75, 3.05) is 26.1 Å². The van der Waals surface area contributed by atoms with Gasteiger partial charge in [-0.25, -0.2) is 0 Å². The number of nitrogens with zero attached hydrogens (tertiary/aromatic N) is 2. The Morgan fingerprint density at radius 2 is 1.80 bits per heavy atom. The minimum Gasteiger partial charge on any atom is -0.484 e. The number of benzene rings is 2. The Bertz CT molecular complexity index is 774. The number of carbonyl (C=O) groups is 1. The molecule has 2 aromatic rings. The summed E-state index contributed by atoms with van der Waals surface area (Å²) in [7, 11) is 3.38. The Morgan fingerprint density at radius 3 is 2.40 bits per heavy atom. The Hall–Kier alpha value is -2.24. The smallest absolute Gasteiger partial charge is 0.259 e. The summed E-state index contributed by atoms with van der Waals surface area (Å²) < 4.78 is 5.44. The van der Waals surface area contributed by atoms with Gasteiger partial charge in [0.05, 0.1) is 21.4 Å². The molecule has 0 radical (unpaired) electrons. The van der Waals surface area contributed by atoms with Crippen LogP contribution in [0, 0.1) is 0 Å². The number of carbonyl (C=O) groups excluding carboxylic acids is 1. The SMILES string of the molecule is C/C(=N/Nc1ccc(Cl)c(Cl)c1)c1ccc(OCC(=O)N(C)C)cc1. The van der Waals surface area contributed by atoms with Gasteiger partial charge >= 0.3 is 0 Å². The number of rotatable bonds is 6. The molecule has 0 aliphatic carbocycles. The molecule has 0 heterocycles. The van der Waals surface area contributed by atoms with E-state index in [1.54, 1.807) is 44.4 Å². The number of ether oxygens (including phenoxy) is 1. The fourth-order valence-electron chi connectivity index (χ4n) is 1.85. The Morgan fingerprint density at radius 1 is 1.12 bits per heavy atom. The molecule has 0 aliphatic rings. The highest BCUT2D eigenvalue weighted by Crippen LogP contribution is 2.25. The number of likely N-dealkylation sites (N-methyl/N-ethyl adjacent to an activating group) is 1. The van der Waals surface area contributed by atoms with E-state index in [1.807, 2.05) is 19.1 Å². The van der Waals surface area contributed by atoms with Crippen LogP contribution < -0.4 is 10.2 Å². The van der Waals surface area contributed by atoms with Crippen molar-refractivity contribution < 1.29 is 9.53 Å². The van der Waals surface area contributed by atoms with Gasteiger partial charge < -0.3 is 9.64 Å². The van der Waals surface area contributed by atoms with Crippen LogP contribution in [-0.4, -0.2) is 37.2 Å². The molecule has 0 fully saturated rings. The predicted molar refractivity (Wildman–Crippen MR) is 103 cm³/mol. The maximum atomic E-state index is 11.5. The first-order chi connectivity index (χ1) is 11.9. The number of nitrogens with one attached hydrogen (secondary N) is 1. The van der Waals surface area contributed by atoms with E-state index in [9.17, 15) is 4.79 Å². The minimum atomic E-state index is -0.0901. The van der Waals surface area contributed by atoms with Gasteiger partial charge in [0.1, 0.15) is 5.75 Å². The van der Waals surface area contributed by atoms with E-state index in [0.29, 0.717) is 15.8 Å². The second-order valence-corrected chi connectivity index (χ2v) is 6.35. The first-order valence-electron chi connectivity index (χ1n) is 7.55. The normalized spacial score (nSPS) is 11.2. The highest BCUT2D eigenvalue weighted by atomic mass is 35.5. The second kappa shape index (κ2) is 8.74. The Labute approximate surface area is 157 Å². The molecule has 5 nitrogen and oxygen atoms in total. The van der Waals surface area contributed by atoms with Gasteiger partial charge in [-0.2, -0.15) is 5.10 Å². The summed E-state index contributed by atoms with van der Waals surface area (Å²) in [5.41, 5.74) is 5.41. The predicted octanol–water partition coefficient (Wildman–Crippen LogP) is 4.30. The van der Waals surface area contributed by atoms with Crippen LogP contribution in [-0.2, 0) is 4.79 Å². The van der Waals surface area contributed by atoms with Crippen molar-refractivity contribution in [1.82, 2.24) is 4.90 Å². The van der Waals surface area contributed by atoms with Crippen LogP contribution in [0.5, 0.6) is 5.75 Å². The van der Waals surface area contributed by atoms with E-state index in [1.165, 1.54) is 4.90 Å². The fraction of sp³-hybridized carbons (Fsp3) is 0.222. The maximum Gasteiger partial charge on any atom is 0.259 e. The molecule has 2 rings (SSSR count). The average Bonchev–Trinajstić information content (AvgIpc) is 2.60. The van der Waals surface area contributed by atoms with Gasteiger partial charge in [0.2, 0.25) is 0 Å². The maximum absolute atomic E-state index is 11.5. The molecule has 1 N–H and O–H groups in total. The standard InChI is InChI=1S/C18H19Cl2N3O2/c1-12(21-22-14-6-9-16(19)17(20)10-14)13-4-7-15(8-5-13)25-11-18(24)23(2)3/h4-10,22H,11H2,1-3H3/b21-12-. The van der Waals surface area contributed by atoms with E-state index in [2.05, 4.69) is 10.5 Å². The fourth-order valence-corrected chi connectivity index (χ4v) is 2.14. The topological polar surface area (TPSA) is 53.9 Å². The molecule has 132 valence electrons. The summed E-state index contributed by atoms with van der Waals surface area (Å²) in [4.78, 5) is 13.0. The van der Waals surface area contributed by atoms with Crippen molar-refractivity contribution in [2.45, 2.75) is 6.92 Å². The van der Waals surface area contributed by atoms with Crippen LogP contribution in [0.2, 0.25) is 10.0 Å². The molecule has 2 aromatic carbocycles. The van der Waals surface area contributed by atoms with Crippen LogP contribution in [0.25, 0.3) is 0 Å². The first kappa shape index (κ1) is 19.1. The highest BCUT2D eigenvalue weighted by molar-refractivity contribution is 6.42. The molecule has 0 atom stereocenters. The number of halogens is 2. The summed E-state index contributed by atoms with van der Waals surface area (Å²) >= 11 is 11.9. The average molecular weight is 380 g/mol. The van der Waals surface area contributed by atoms with Crippen LogP contribution in [0.1, 0.15) is 12.5 Å². The molecular formula is C18H19Cl2N3O2. The Kier molecular flexibility index (Phi) is 6.67. The third-order valence-corrected chi connectivity index (χ3v) is 4.14. The summed E-state index contributed by atoms with van der Waals surface area (Å²) in [6, 6.07) is 12.6. The van der Waals surface area contributed by atoms with Gasteiger partial charge in [-0.3, -0.25) is 10.2 Å². The number of hydrazone groups is 1. The quantitative estimate of drug-likeness (QED) is 0.601. The molecule has 0 saturated carbocycles. The molecular weight excluding hydrogens is 361 g/mol. The summed E-state index contributed by atoms with van der Waals surface area (Å²) in [6.07, 6.45) is 0. The molecule has 0 aromatic heterocycles. The van der Waals surface area contributed by atoms with Crippen molar-refractivity contribution in [2.24, 2.45) is 5.10 Å². The van der Waals surface area contributed by atoms with E-state index >= 15 is 0 Å². The monoisotopic (exact) mass is 379 g/mol. The van der Waals surface area contributed by atoms with Crippen molar-refractivity contribution in [1.29, 1.82) is 0 Å². The number of hydrogen-bond donors (Lipinski definition) is 1. The molecule has 0 unspecified atom stereocenters. The number of amides is 1. The number of hydrogen-bond acceptors (Lipinski definition) is 4. The molecule has 25 heavy (non-hydrogen) atoms. The van der Waals surface area contributed by atoms with Gasteiger partial charge in [0.15, 0.2) is 6.61 Å². The van der Waals surface area contributed by atoms with Crippen LogP contribution >= 0.6 is 23.2 Å². The second-order valence-electron chi connectivity index (χ2n) is 5.54. The lowest BCUT2D eigenvalue weighted by atomic mass is 10.1. The van der Waals surface area contributed by atoms with E-state index in [4.69, 9.17) is 27.9 Å². The summed E-state index contributed by atoms with van der Waals surface area (Å²) in [6.45, 7) is 1.90. The summed E-state index contributed by atoms with van der Waals surface area (Å²) in [5, 5.41) is 5.29.